The molecule has 0 amide bonds. The molecule has 0 fully saturated rings. The summed E-state index contributed by atoms with van der Waals surface area (Å²) in [5, 5.41) is 3.95. The van der Waals surface area contributed by atoms with Crippen LogP contribution in [-0.4, -0.2) is 9.13 Å². The van der Waals surface area contributed by atoms with Gasteiger partial charge in [-0.15, -0.1) is 0 Å². The van der Waals surface area contributed by atoms with Gasteiger partial charge in [-0.25, -0.2) is 0 Å². The molecule has 0 aliphatic carbocycles. The van der Waals surface area contributed by atoms with Crippen LogP contribution < -0.4 is 15.4 Å². The first kappa shape index (κ1) is 31.2. The summed E-state index contributed by atoms with van der Waals surface area (Å²) in [5.74, 6) is 0. The van der Waals surface area contributed by atoms with Gasteiger partial charge in [0.15, 0.2) is 0 Å². The van der Waals surface area contributed by atoms with Gasteiger partial charge in [0, 0.05) is 69.2 Å². The van der Waals surface area contributed by atoms with Gasteiger partial charge in [-0.3, -0.25) is 4.79 Å². The molecule has 0 saturated carbocycles. The topological polar surface area (TPSA) is 33.4 Å². The van der Waals surface area contributed by atoms with Crippen LogP contribution in [0.3, 0.4) is 0 Å². The summed E-state index contributed by atoms with van der Waals surface area (Å²) in [6, 6.07) is 61.8. The molecule has 2 aromatic heterocycles. The molecule has 2 heterocycles. The lowest BCUT2D eigenvalue weighted by Gasteiger charge is -2.26. The molecule has 0 atom stereocenters. The fourth-order valence-corrected chi connectivity index (χ4v) is 7.55. The van der Waals surface area contributed by atoms with Crippen LogP contribution in [0.4, 0.5) is 34.1 Å². The van der Waals surface area contributed by atoms with Crippen molar-refractivity contribution in [2.24, 2.45) is 7.05 Å². The Morgan fingerprint density at radius 2 is 0.846 bits per heavy atom. The minimum absolute atomic E-state index is 0.00693. The number of hydrogen-bond donors (Lipinski definition) is 0. The molecule has 0 radical (unpaired) electrons. The maximum Gasteiger partial charge on any atom is 0.258 e. The summed E-state index contributed by atoms with van der Waals surface area (Å²) in [5.41, 5.74) is 10.7. The summed E-state index contributed by atoms with van der Waals surface area (Å²) in [4.78, 5) is 17.7. The first-order valence-corrected chi connectivity index (χ1v) is 17.5. The average molecular weight is 673 g/mol. The van der Waals surface area contributed by atoms with Crippen LogP contribution in [0, 0.1) is 6.92 Å². The number of rotatable bonds is 7. The number of aromatic nitrogens is 2. The highest BCUT2D eigenvalue weighted by atomic mass is 16.1. The smallest absolute Gasteiger partial charge is 0.258 e. The predicted molar refractivity (Wildman–Crippen MR) is 218 cm³/mol. The van der Waals surface area contributed by atoms with Gasteiger partial charge in [-0.2, -0.15) is 0 Å². The van der Waals surface area contributed by atoms with Crippen LogP contribution in [0.15, 0.2) is 187 Å². The van der Waals surface area contributed by atoms with Gasteiger partial charge >= 0.3 is 0 Å². The van der Waals surface area contributed by atoms with Crippen LogP contribution in [0.25, 0.3) is 38.3 Å². The number of pyridine rings is 1. The highest BCUT2D eigenvalue weighted by Crippen LogP contribution is 2.42. The molecule has 9 aromatic rings. The summed E-state index contributed by atoms with van der Waals surface area (Å²) in [6.45, 7) is 2.07. The second-order valence-electron chi connectivity index (χ2n) is 13.2. The molecular formula is C47H36N4O. The van der Waals surface area contributed by atoms with E-state index < -0.39 is 0 Å². The van der Waals surface area contributed by atoms with Crippen molar-refractivity contribution in [1.82, 2.24) is 9.13 Å². The average Bonchev–Trinajstić information content (AvgIpc) is 3.52. The summed E-state index contributed by atoms with van der Waals surface area (Å²) >= 11 is 0. The summed E-state index contributed by atoms with van der Waals surface area (Å²) < 4.78 is 4.00. The van der Waals surface area contributed by atoms with E-state index in [2.05, 4.69) is 191 Å². The number of hydrogen-bond acceptors (Lipinski definition) is 3. The SMILES string of the molecule is Cc1cn(C)c(=O)c2ccc(-n3c4ccc(N(c5ccccc5)c5ccccc5)cc4c4cc(N(c5ccccc5)c5ccccc5)ccc43)cc12. The molecule has 52 heavy (non-hydrogen) atoms. The Hall–Kier alpha value is -6.85. The van der Waals surface area contributed by atoms with Crippen LogP contribution in [0.5, 0.6) is 0 Å². The molecule has 0 spiro atoms. The first-order chi connectivity index (χ1) is 25.5. The van der Waals surface area contributed by atoms with Gasteiger partial charge in [0.25, 0.3) is 5.56 Å². The second kappa shape index (κ2) is 12.8. The van der Waals surface area contributed by atoms with Gasteiger partial charge in [-0.1, -0.05) is 72.8 Å². The van der Waals surface area contributed by atoms with Crippen molar-refractivity contribution >= 4 is 66.7 Å². The third-order valence-electron chi connectivity index (χ3n) is 9.93. The molecule has 0 aliphatic rings. The van der Waals surface area contributed by atoms with Gasteiger partial charge in [-0.05, 0) is 121 Å². The third kappa shape index (κ3) is 5.31. The molecule has 0 saturated heterocycles. The first-order valence-electron chi connectivity index (χ1n) is 17.5. The molecule has 7 aromatic carbocycles. The molecular weight excluding hydrogens is 637 g/mol. The standard InChI is InChI=1S/C47H36N4O/c1-33-32-48(2)47(52)41-26-23-40(29-42(33)41)51-45-27-24-38(49(34-15-7-3-8-16-34)35-17-9-4-10-18-35)30-43(45)44-31-39(25-28-46(44)51)50(36-19-11-5-12-20-36)37-21-13-6-14-22-37/h3-32H,1-2H3. The van der Waals surface area contributed by atoms with Crippen molar-refractivity contribution in [2.75, 3.05) is 9.80 Å². The maximum absolute atomic E-state index is 13.1. The predicted octanol–water partition coefficient (Wildman–Crippen LogP) is 11.9. The van der Waals surface area contributed by atoms with E-state index in [4.69, 9.17) is 0 Å². The van der Waals surface area contributed by atoms with Gasteiger partial charge < -0.3 is 18.9 Å². The number of fused-ring (bicyclic) bond motifs is 4. The lowest BCUT2D eigenvalue weighted by atomic mass is 10.1. The molecule has 250 valence electrons. The monoisotopic (exact) mass is 672 g/mol. The molecule has 5 nitrogen and oxygen atoms in total. The fraction of sp³-hybridized carbons (Fsp3) is 0.0426. The van der Waals surface area contributed by atoms with E-state index in [0.29, 0.717) is 0 Å². The molecule has 0 bridgehead atoms. The molecule has 5 heteroatoms. The fourth-order valence-electron chi connectivity index (χ4n) is 7.55. The number of nitrogens with zero attached hydrogens (tertiary/aromatic N) is 4. The van der Waals surface area contributed by atoms with Crippen molar-refractivity contribution in [2.45, 2.75) is 6.92 Å². The lowest BCUT2D eigenvalue weighted by Crippen LogP contribution is -2.16. The largest absolute Gasteiger partial charge is 0.318 e. The quantitative estimate of drug-likeness (QED) is 0.169. The van der Waals surface area contributed by atoms with E-state index >= 15 is 0 Å². The Labute approximate surface area is 302 Å². The summed E-state index contributed by atoms with van der Waals surface area (Å²) in [7, 11) is 1.81. The highest BCUT2D eigenvalue weighted by molar-refractivity contribution is 6.12. The minimum Gasteiger partial charge on any atom is -0.318 e. The Morgan fingerprint density at radius 3 is 1.27 bits per heavy atom. The van der Waals surface area contributed by atoms with Gasteiger partial charge in [0.1, 0.15) is 0 Å². The van der Waals surface area contributed by atoms with Crippen molar-refractivity contribution in [3.63, 3.8) is 0 Å². The van der Waals surface area contributed by atoms with Crippen LogP contribution >= 0.6 is 0 Å². The molecule has 0 unspecified atom stereocenters. The van der Waals surface area contributed by atoms with Crippen molar-refractivity contribution in [1.29, 1.82) is 0 Å². The minimum atomic E-state index is 0.00693. The normalized spacial score (nSPS) is 11.3. The van der Waals surface area contributed by atoms with E-state index in [1.54, 1.807) is 4.57 Å². The van der Waals surface area contributed by atoms with Crippen molar-refractivity contribution in [3.05, 3.63) is 198 Å². The maximum atomic E-state index is 13.1. The van der Waals surface area contributed by atoms with E-state index in [-0.39, 0.29) is 5.56 Å². The second-order valence-corrected chi connectivity index (χ2v) is 13.2. The number of para-hydroxylation sites is 4. The van der Waals surface area contributed by atoms with Crippen LogP contribution in [-0.2, 0) is 7.05 Å². The van der Waals surface area contributed by atoms with Crippen molar-refractivity contribution in [3.8, 4) is 5.69 Å². The van der Waals surface area contributed by atoms with E-state index in [1.807, 2.05) is 19.3 Å². The zero-order chi connectivity index (χ0) is 35.2. The molecule has 9 rings (SSSR count). The highest BCUT2D eigenvalue weighted by Gasteiger charge is 2.20. The number of anilines is 6. The van der Waals surface area contributed by atoms with Gasteiger partial charge in [0.2, 0.25) is 0 Å². The molecule has 0 aliphatic heterocycles. The number of aryl methyl sites for hydroxylation is 2. The third-order valence-corrected chi connectivity index (χ3v) is 9.93. The van der Waals surface area contributed by atoms with Crippen LogP contribution in [0.2, 0.25) is 0 Å². The van der Waals surface area contributed by atoms with E-state index in [1.165, 1.54) is 0 Å². The zero-order valence-corrected chi connectivity index (χ0v) is 29.0. The van der Waals surface area contributed by atoms with Gasteiger partial charge in [0.05, 0.1) is 11.0 Å². The van der Waals surface area contributed by atoms with Crippen molar-refractivity contribution < 1.29 is 0 Å². The Morgan fingerprint density at radius 1 is 0.423 bits per heavy atom. The zero-order valence-electron chi connectivity index (χ0n) is 29.0. The van der Waals surface area contributed by atoms with E-state index in [0.717, 1.165) is 78.0 Å². The molecule has 0 N–H and O–H groups in total. The summed E-state index contributed by atoms with van der Waals surface area (Å²) in [6.07, 6.45) is 1.92. The van der Waals surface area contributed by atoms with Crippen LogP contribution in [0.1, 0.15) is 5.56 Å². The Balaban J connectivity index is 1.33. The van der Waals surface area contributed by atoms with E-state index in [9.17, 15) is 4.79 Å². The Kier molecular flexibility index (Phi) is 7.67. The number of benzene rings is 7. The Bertz CT molecular complexity index is 2550. The lowest BCUT2D eigenvalue weighted by molar-refractivity contribution is 0.866.